The first-order chi connectivity index (χ1) is 11.2. The smallest absolute Gasteiger partial charge is 0.337 e. The fourth-order valence-electron chi connectivity index (χ4n) is 1.97. The lowest BCUT2D eigenvalue weighted by Crippen LogP contribution is -2.02. The Morgan fingerprint density at radius 1 is 1.13 bits per heavy atom. The van der Waals surface area contributed by atoms with E-state index >= 15 is 0 Å². The third-order valence-corrected chi connectivity index (χ3v) is 3.16. The minimum Gasteiger partial charge on any atom is -0.493 e. The van der Waals surface area contributed by atoms with Gasteiger partial charge in [-0.3, -0.25) is 0 Å². The van der Waals surface area contributed by atoms with Crippen LogP contribution >= 0.6 is 0 Å². The van der Waals surface area contributed by atoms with E-state index in [9.17, 15) is 4.79 Å². The summed E-state index contributed by atoms with van der Waals surface area (Å²) in [5.74, 6) is 0.730. The van der Waals surface area contributed by atoms with Gasteiger partial charge < -0.3 is 19.4 Å². The topological polar surface area (TPSA) is 77.4 Å². The highest BCUT2D eigenvalue weighted by Crippen LogP contribution is 2.28. The molecule has 0 saturated heterocycles. The molecule has 0 bridgehead atoms. The predicted octanol–water partition coefficient (Wildman–Crippen LogP) is 2.87. The number of ether oxygens (including phenoxy) is 3. The number of carbonyl (C=O) groups is 1. The summed E-state index contributed by atoms with van der Waals surface area (Å²) >= 11 is 0. The summed E-state index contributed by atoms with van der Waals surface area (Å²) < 4.78 is 15.6. The Balaban J connectivity index is 2.07. The van der Waals surface area contributed by atoms with Gasteiger partial charge in [0.2, 0.25) is 0 Å². The van der Waals surface area contributed by atoms with Gasteiger partial charge in [-0.25, -0.2) is 4.79 Å². The second-order valence-corrected chi connectivity index (χ2v) is 4.63. The van der Waals surface area contributed by atoms with E-state index in [1.54, 1.807) is 42.5 Å². The molecule has 0 unspecified atom stereocenters. The number of nitrogens with zero attached hydrogens (tertiary/aromatic N) is 1. The zero-order valence-electron chi connectivity index (χ0n) is 12.9. The van der Waals surface area contributed by atoms with Gasteiger partial charge in [-0.2, -0.15) is 0 Å². The highest BCUT2D eigenvalue weighted by molar-refractivity contribution is 5.89. The fraction of sp³-hybridized carbons (Fsp3) is 0.176. The first-order valence-corrected chi connectivity index (χ1v) is 6.83. The van der Waals surface area contributed by atoms with Crippen LogP contribution in [0.15, 0.2) is 47.6 Å². The lowest BCUT2D eigenvalue weighted by molar-refractivity contribution is 0.0600. The second-order valence-electron chi connectivity index (χ2n) is 4.63. The van der Waals surface area contributed by atoms with Crippen LogP contribution in [-0.4, -0.2) is 31.6 Å². The van der Waals surface area contributed by atoms with Gasteiger partial charge in [0.15, 0.2) is 11.5 Å². The molecule has 2 aromatic carbocycles. The lowest BCUT2D eigenvalue weighted by atomic mass is 10.1. The van der Waals surface area contributed by atoms with Crippen molar-refractivity contribution in [3.63, 3.8) is 0 Å². The molecule has 120 valence electrons. The summed E-state index contributed by atoms with van der Waals surface area (Å²) in [4.78, 5) is 11.4. The van der Waals surface area contributed by atoms with Crippen molar-refractivity contribution in [2.24, 2.45) is 5.16 Å². The second kappa shape index (κ2) is 7.84. The molecule has 0 aliphatic heterocycles. The number of hydrogen-bond donors (Lipinski definition) is 1. The number of carbonyl (C=O) groups excluding carboxylic acids is 1. The van der Waals surface area contributed by atoms with Crippen LogP contribution in [0.5, 0.6) is 11.5 Å². The molecule has 2 rings (SSSR count). The summed E-state index contributed by atoms with van der Waals surface area (Å²) in [7, 11) is 2.88. The molecule has 0 fully saturated rings. The highest BCUT2D eigenvalue weighted by Gasteiger charge is 2.07. The first kappa shape index (κ1) is 16.4. The molecule has 1 N–H and O–H groups in total. The Bertz CT molecular complexity index is 695. The largest absolute Gasteiger partial charge is 0.493 e. The Labute approximate surface area is 133 Å². The summed E-state index contributed by atoms with van der Waals surface area (Å²) in [6.07, 6.45) is 1.30. The third-order valence-electron chi connectivity index (χ3n) is 3.16. The van der Waals surface area contributed by atoms with Gasteiger partial charge in [-0.15, -0.1) is 0 Å². The number of rotatable bonds is 6. The molecule has 0 spiro atoms. The molecule has 0 saturated carbocycles. The summed E-state index contributed by atoms with van der Waals surface area (Å²) in [6, 6.07) is 12.1. The van der Waals surface area contributed by atoms with E-state index in [1.165, 1.54) is 20.4 Å². The fourth-order valence-corrected chi connectivity index (χ4v) is 1.97. The third kappa shape index (κ3) is 4.23. The van der Waals surface area contributed by atoms with Crippen molar-refractivity contribution in [1.82, 2.24) is 0 Å². The minimum absolute atomic E-state index is 0.325. The van der Waals surface area contributed by atoms with Gasteiger partial charge in [-0.05, 0) is 35.9 Å². The van der Waals surface area contributed by atoms with Crippen molar-refractivity contribution in [3.05, 3.63) is 59.2 Å². The van der Waals surface area contributed by atoms with E-state index in [4.69, 9.17) is 14.7 Å². The van der Waals surface area contributed by atoms with Crippen molar-refractivity contribution in [3.8, 4) is 11.5 Å². The van der Waals surface area contributed by atoms with E-state index in [2.05, 4.69) is 9.89 Å². The van der Waals surface area contributed by atoms with Gasteiger partial charge in [0.25, 0.3) is 0 Å². The van der Waals surface area contributed by atoms with Crippen LogP contribution in [0.3, 0.4) is 0 Å². The van der Waals surface area contributed by atoms with Gasteiger partial charge in [-0.1, -0.05) is 17.3 Å². The van der Waals surface area contributed by atoms with E-state index in [0.29, 0.717) is 29.2 Å². The van der Waals surface area contributed by atoms with Gasteiger partial charge in [0.1, 0.15) is 6.61 Å². The maximum Gasteiger partial charge on any atom is 0.337 e. The van der Waals surface area contributed by atoms with Gasteiger partial charge in [0, 0.05) is 5.56 Å². The summed E-state index contributed by atoms with van der Waals surface area (Å²) in [6.45, 7) is 0.325. The van der Waals surface area contributed by atoms with E-state index in [0.717, 1.165) is 5.56 Å². The SMILES string of the molecule is COC(=O)c1ccc(COc2ccc(/C=N\O)cc2OC)cc1. The predicted molar refractivity (Wildman–Crippen MR) is 84.5 cm³/mol. The van der Waals surface area contributed by atoms with Crippen LogP contribution in [0.2, 0.25) is 0 Å². The molecule has 0 atom stereocenters. The zero-order valence-corrected chi connectivity index (χ0v) is 12.9. The molecule has 6 nitrogen and oxygen atoms in total. The maximum atomic E-state index is 11.4. The summed E-state index contributed by atoms with van der Waals surface area (Å²) in [5, 5.41) is 11.5. The minimum atomic E-state index is -0.375. The molecule has 0 heterocycles. The van der Waals surface area contributed by atoms with Crippen LogP contribution in [-0.2, 0) is 11.3 Å². The molecule has 0 aliphatic carbocycles. The number of oxime groups is 1. The monoisotopic (exact) mass is 315 g/mol. The first-order valence-electron chi connectivity index (χ1n) is 6.83. The molecule has 0 radical (unpaired) electrons. The number of hydrogen-bond acceptors (Lipinski definition) is 6. The Morgan fingerprint density at radius 2 is 1.87 bits per heavy atom. The van der Waals surface area contributed by atoms with Crippen molar-refractivity contribution in [2.75, 3.05) is 14.2 Å². The Hall–Kier alpha value is -3.02. The molecule has 0 aromatic heterocycles. The van der Waals surface area contributed by atoms with Crippen LogP contribution < -0.4 is 9.47 Å². The standard InChI is InChI=1S/C17H17NO5/c1-21-16-9-13(10-18-20)5-8-15(16)23-11-12-3-6-14(7-4-12)17(19)22-2/h3-10,20H,11H2,1-2H3/b18-10-. The number of methoxy groups -OCH3 is 2. The molecule has 0 aliphatic rings. The van der Waals surface area contributed by atoms with Gasteiger partial charge >= 0.3 is 5.97 Å². The van der Waals surface area contributed by atoms with Crippen molar-refractivity contribution >= 4 is 12.2 Å². The Kier molecular flexibility index (Phi) is 5.57. The van der Waals surface area contributed by atoms with Crippen LogP contribution in [0.1, 0.15) is 21.5 Å². The zero-order chi connectivity index (χ0) is 16.7. The van der Waals surface area contributed by atoms with E-state index < -0.39 is 0 Å². The van der Waals surface area contributed by atoms with Gasteiger partial charge in [0.05, 0.1) is 26.0 Å². The quantitative estimate of drug-likeness (QED) is 0.384. The van der Waals surface area contributed by atoms with E-state index in [-0.39, 0.29) is 5.97 Å². The van der Waals surface area contributed by atoms with Crippen molar-refractivity contribution in [1.29, 1.82) is 0 Å². The van der Waals surface area contributed by atoms with Crippen LogP contribution in [0.4, 0.5) is 0 Å². The van der Waals surface area contributed by atoms with Crippen molar-refractivity contribution in [2.45, 2.75) is 6.61 Å². The normalized spacial score (nSPS) is 10.5. The van der Waals surface area contributed by atoms with Crippen molar-refractivity contribution < 1.29 is 24.2 Å². The van der Waals surface area contributed by atoms with Crippen LogP contribution in [0.25, 0.3) is 0 Å². The highest BCUT2D eigenvalue weighted by atomic mass is 16.5. The molecular weight excluding hydrogens is 298 g/mol. The number of benzene rings is 2. The molecule has 6 heteroatoms. The average Bonchev–Trinajstić information content (AvgIpc) is 2.60. The number of esters is 1. The van der Waals surface area contributed by atoms with Crippen LogP contribution in [0, 0.1) is 0 Å². The molecular formula is C17H17NO5. The summed E-state index contributed by atoms with van der Waals surface area (Å²) in [5.41, 5.74) is 2.08. The maximum absolute atomic E-state index is 11.4. The van der Waals surface area contributed by atoms with E-state index in [1.807, 2.05) is 0 Å². The lowest BCUT2D eigenvalue weighted by Gasteiger charge is -2.11. The molecule has 23 heavy (non-hydrogen) atoms. The average molecular weight is 315 g/mol. The Morgan fingerprint density at radius 3 is 2.48 bits per heavy atom. The molecule has 2 aromatic rings. The molecule has 0 amide bonds.